The van der Waals surface area contributed by atoms with Gasteiger partial charge in [-0.25, -0.2) is 9.97 Å². The average Bonchev–Trinajstić information content (AvgIpc) is 3.32. The number of aliphatic hydroxyl groups excluding tert-OH is 1. The van der Waals surface area contributed by atoms with E-state index in [0.29, 0.717) is 33.7 Å². The fourth-order valence-corrected chi connectivity index (χ4v) is 4.14. The van der Waals surface area contributed by atoms with Crippen molar-refractivity contribution in [2.24, 2.45) is 0 Å². The second-order valence-corrected chi connectivity index (χ2v) is 7.50. The summed E-state index contributed by atoms with van der Waals surface area (Å²) in [4.78, 5) is 8.09. The summed E-state index contributed by atoms with van der Waals surface area (Å²) in [5, 5.41) is 15.2. The maximum atomic E-state index is 13.6. The molecule has 0 amide bonds. The van der Waals surface area contributed by atoms with Crippen LogP contribution in [0.15, 0.2) is 10.9 Å². The molecule has 0 unspecified atom stereocenters. The quantitative estimate of drug-likeness (QED) is 0.689. The highest BCUT2D eigenvalue weighted by Gasteiger charge is 2.43. The highest BCUT2D eigenvalue weighted by Crippen LogP contribution is 2.51. The molecule has 7 nitrogen and oxygen atoms in total. The molecule has 1 fully saturated rings. The summed E-state index contributed by atoms with van der Waals surface area (Å²) in [7, 11) is 0. The summed E-state index contributed by atoms with van der Waals surface area (Å²) in [6, 6.07) is -1.82. The van der Waals surface area contributed by atoms with E-state index in [4.69, 9.17) is 10.3 Å². The summed E-state index contributed by atoms with van der Waals surface area (Å²) in [6.45, 7) is 1.08. The number of fused-ring (bicyclic) bond motifs is 5. The van der Waals surface area contributed by atoms with Crippen molar-refractivity contribution in [1.29, 1.82) is 0 Å². The van der Waals surface area contributed by atoms with Gasteiger partial charge in [-0.15, -0.1) is 0 Å². The molecule has 3 N–H and O–H groups in total. The van der Waals surface area contributed by atoms with Gasteiger partial charge in [-0.2, -0.15) is 13.2 Å². The van der Waals surface area contributed by atoms with E-state index >= 15 is 0 Å². The number of nitrogens with zero attached hydrogens (tertiary/aromatic N) is 4. The molecule has 148 valence electrons. The molecule has 0 bridgehead atoms. The predicted octanol–water partition coefficient (Wildman–Crippen LogP) is 3.65. The Morgan fingerprint density at radius 2 is 2.04 bits per heavy atom. The zero-order valence-corrected chi connectivity index (χ0v) is 15.0. The van der Waals surface area contributed by atoms with Crippen molar-refractivity contribution in [3.63, 3.8) is 0 Å². The van der Waals surface area contributed by atoms with Gasteiger partial charge < -0.3 is 19.9 Å². The number of hydrogen-bond donors (Lipinski definition) is 2. The third-order valence-electron chi connectivity index (χ3n) is 5.70. The van der Waals surface area contributed by atoms with Crippen molar-refractivity contribution in [2.75, 3.05) is 5.73 Å². The number of nitrogens with two attached hydrogens (primary N) is 1. The second-order valence-electron chi connectivity index (χ2n) is 7.50. The minimum absolute atomic E-state index is 0.0766. The van der Waals surface area contributed by atoms with Crippen molar-refractivity contribution < 1.29 is 22.8 Å². The van der Waals surface area contributed by atoms with E-state index in [0.717, 1.165) is 30.7 Å². The fraction of sp³-hybridized carbons (Fsp3) is 0.500. The van der Waals surface area contributed by atoms with E-state index in [2.05, 4.69) is 15.1 Å². The van der Waals surface area contributed by atoms with E-state index in [1.165, 1.54) is 0 Å². The molecule has 0 radical (unpaired) electrons. The van der Waals surface area contributed by atoms with Crippen molar-refractivity contribution in [3.05, 3.63) is 23.3 Å². The first kappa shape index (κ1) is 17.5. The molecule has 0 saturated heterocycles. The standard InChI is InChI=1S/C18H18F3N5O2/c1-7(18(19,20)21)26-9-4-5-10(27)12-14(25-28-15(12)8-2-3-8)11(9)13-16(22)23-6-24-17(13)26/h6-8,10,27H,2-5H2,1H3,(H2,22,23,24)/t7-,10-/m0/s1. The topological polar surface area (TPSA) is 103 Å². The van der Waals surface area contributed by atoms with Crippen LogP contribution in [0.25, 0.3) is 22.3 Å². The molecule has 2 aliphatic rings. The molecule has 28 heavy (non-hydrogen) atoms. The van der Waals surface area contributed by atoms with Gasteiger partial charge in [0.25, 0.3) is 0 Å². The summed E-state index contributed by atoms with van der Waals surface area (Å²) >= 11 is 0. The molecular weight excluding hydrogens is 375 g/mol. The Balaban J connectivity index is 1.87. The Morgan fingerprint density at radius 3 is 2.71 bits per heavy atom. The van der Waals surface area contributed by atoms with Crippen LogP contribution < -0.4 is 5.73 Å². The van der Waals surface area contributed by atoms with Crippen LogP contribution in [0.3, 0.4) is 0 Å². The first-order chi connectivity index (χ1) is 13.3. The highest BCUT2D eigenvalue weighted by atomic mass is 19.4. The van der Waals surface area contributed by atoms with Gasteiger partial charge >= 0.3 is 6.18 Å². The smallest absolute Gasteiger partial charge is 0.388 e. The summed E-state index contributed by atoms with van der Waals surface area (Å²) < 4.78 is 47.5. The predicted molar refractivity (Wildman–Crippen MR) is 93.5 cm³/mol. The van der Waals surface area contributed by atoms with Gasteiger partial charge in [0, 0.05) is 17.2 Å². The lowest BCUT2D eigenvalue weighted by Gasteiger charge is -2.21. The molecule has 5 rings (SSSR count). The molecule has 2 aliphatic carbocycles. The summed E-state index contributed by atoms with van der Waals surface area (Å²) in [5.74, 6) is 0.895. The van der Waals surface area contributed by atoms with E-state index in [-0.39, 0.29) is 30.2 Å². The van der Waals surface area contributed by atoms with Gasteiger partial charge in [0.2, 0.25) is 0 Å². The lowest BCUT2D eigenvalue weighted by Crippen LogP contribution is -2.25. The minimum Gasteiger partial charge on any atom is -0.388 e. The fourth-order valence-electron chi connectivity index (χ4n) is 4.14. The van der Waals surface area contributed by atoms with Gasteiger partial charge in [-0.05, 0) is 32.6 Å². The van der Waals surface area contributed by atoms with Crippen LogP contribution >= 0.6 is 0 Å². The zero-order chi connectivity index (χ0) is 19.8. The normalized spacial score (nSPS) is 20.7. The molecule has 10 heteroatoms. The molecule has 3 aromatic heterocycles. The van der Waals surface area contributed by atoms with Crippen LogP contribution in [0.1, 0.15) is 61.3 Å². The lowest BCUT2D eigenvalue weighted by molar-refractivity contribution is -0.162. The zero-order valence-electron chi connectivity index (χ0n) is 15.0. The number of aliphatic hydroxyl groups is 1. The first-order valence-electron chi connectivity index (χ1n) is 9.16. The monoisotopic (exact) mass is 393 g/mol. The third-order valence-corrected chi connectivity index (χ3v) is 5.70. The number of aromatic nitrogens is 4. The minimum atomic E-state index is -4.48. The van der Waals surface area contributed by atoms with E-state index in [1.54, 1.807) is 0 Å². The Hall–Kier alpha value is -2.62. The van der Waals surface area contributed by atoms with Crippen LogP contribution in [0.4, 0.5) is 19.0 Å². The Bertz CT molecular complexity index is 1080. The van der Waals surface area contributed by atoms with Crippen LogP contribution in [0.2, 0.25) is 0 Å². The largest absolute Gasteiger partial charge is 0.408 e. The lowest BCUT2D eigenvalue weighted by atomic mass is 10.0. The second kappa shape index (κ2) is 5.69. The Morgan fingerprint density at radius 1 is 1.29 bits per heavy atom. The maximum absolute atomic E-state index is 13.6. The average molecular weight is 393 g/mol. The molecule has 0 spiro atoms. The molecule has 1 saturated carbocycles. The van der Waals surface area contributed by atoms with E-state index in [9.17, 15) is 18.3 Å². The van der Waals surface area contributed by atoms with E-state index in [1.807, 2.05) is 0 Å². The molecule has 2 atom stereocenters. The molecule has 3 aromatic rings. The van der Waals surface area contributed by atoms with Gasteiger partial charge in [0.15, 0.2) is 0 Å². The first-order valence-corrected chi connectivity index (χ1v) is 9.16. The van der Waals surface area contributed by atoms with Crippen molar-refractivity contribution in [2.45, 2.75) is 56.8 Å². The van der Waals surface area contributed by atoms with Gasteiger partial charge in [0.05, 0.1) is 17.1 Å². The van der Waals surface area contributed by atoms with Gasteiger partial charge in [0.1, 0.15) is 35.3 Å². The number of hydrogen-bond acceptors (Lipinski definition) is 6. The van der Waals surface area contributed by atoms with Crippen molar-refractivity contribution >= 4 is 16.9 Å². The molecule has 0 aromatic carbocycles. The van der Waals surface area contributed by atoms with Crippen LogP contribution in [0.5, 0.6) is 0 Å². The molecule has 3 heterocycles. The number of nitrogen functional groups attached to an aromatic ring is 1. The number of halogens is 3. The third kappa shape index (κ3) is 2.36. The van der Waals surface area contributed by atoms with Crippen LogP contribution in [-0.2, 0) is 6.42 Å². The van der Waals surface area contributed by atoms with Crippen LogP contribution in [-0.4, -0.2) is 31.0 Å². The number of rotatable bonds is 2. The Kier molecular flexibility index (Phi) is 3.55. The summed E-state index contributed by atoms with van der Waals surface area (Å²) in [6.07, 6.45) is -1.80. The SMILES string of the molecule is C[C@H](n1c2c(c3c(N)ncnc31)-c1noc(C3CC3)c1[C@@H](O)CC2)C(F)(F)F. The maximum Gasteiger partial charge on any atom is 0.408 e. The number of anilines is 1. The Labute approximate surface area is 157 Å². The van der Waals surface area contributed by atoms with Crippen molar-refractivity contribution in [1.82, 2.24) is 19.7 Å². The van der Waals surface area contributed by atoms with Crippen LogP contribution in [0, 0.1) is 0 Å². The molecular formula is C18H18F3N5O2. The summed E-state index contributed by atoms with van der Waals surface area (Å²) in [5.41, 5.74) is 7.90. The van der Waals surface area contributed by atoms with Gasteiger partial charge in [-0.1, -0.05) is 5.16 Å². The van der Waals surface area contributed by atoms with Crippen molar-refractivity contribution in [3.8, 4) is 11.3 Å². The van der Waals surface area contributed by atoms with E-state index < -0.39 is 18.3 Å². The number of alkyl halides is 3. The van der Waals surface area contributed by atoms with Gasteiger partial charge in [-0.3, -0.25) is 0 Å². The molecule has 0 aliphatic heterocycles. The highest BCUT2D eigenvalue weighted by molar-refractivity contribution is 6.02.